The molecule has 0 spiro atoms. The number of methoxy groups -OCH3 is 1. The van der Waals surface area contributed by atoms with E-state index in [-0.39, 0.29) is 30.1 Å². The van der Waals surface area contributed by atoms with E-state index >= 15 is 0 Å². The van der Waals surface area contributed by atoms with Gasteiger partial charge in [-0.3, -0.25) is 4.79 Å². The first-order valence-corrected chi connectivity index (χ1v) is 6.67. The lowest BCUT2D eigenvalue weighted by Crippen LogP contribution is -2.09. The SMILES string of the molecule is COc1cccc(C(=O)CCOc2cccc(C)c2)c1F. The fraction of sp³-hybridized carbons (Fsp3) is 0.235. The van der Waals surface area contributed by atoms with Gasteiger partial charge in [-0.25, -0.2) is 4.39 Å². The van der Waals surface area contributed by atoms with Crippen LogP contribution in [0.4, 0.5) is 4.39 Å². The van der Waals surface area contributed by atoms with E-state index in [0.29, 0.717) is 5.75 Å². The first kappa shape index (κ1) is 15.0. The second-order valence-corrected chi connectivity index (χ2v) is 4.66. The molecule has 0 atom stereocenters. The predicted octanol–water partition coefficient (Wildman–Crippen LogP) is 3.79. The molecule has 2 rings (SSSR count). The average Bonchev–Trinajstić information content (AvgIpc) is 2.47. The van der Waals surface area contributed by atoms with Gasteiger partial charge in [-0.15, -0.1) is 0 Å². The van der Waals surface area contributed by atoms with Crippen LogP contribution in [0.2, 0.25) is 0 Å². The van der Waals surface area contributed by atoms with E-state index in [4.69, 9.17) is 9.47 Å². The molecule has 4 heteroatoms. The minimum Gasteiger partial charge on any atom is -0.494 e. The van der Waals surface area contributed by atoms with Gasteiger partial charge in [0.25, 0.3) is 0 Å². The van der Waals surface area contributed by atoms with E-state index in [2.05, 4.69) is 0 Å². The van der Waals surface area contributed by atoms with E-state index in [0.717, 1.165) is 5.56 Å². The number of ether oxygens (including phenoxy) is 2. The Labute approximate surface area is 123 Å². The van der Waals surface area contributed by atoms with Crippen LogP contribution in [0.3, 0.4) is 0 Å². The molecular formula is C17H17FO3. The number of aryl methyl sites for hydroxylation is 1. The minimum absolute atomic E-state index is 0.0298. The molecule has 0 heterocycles. The topological polar surface area (TPSA) is 35.5 Å². The number of rotatable bonds is 6. The summed E-state index contributed by atoms with van der Waals surface area (Å²) in [5, 5.41) is 0. The first-order valence-electron chi connectivity index (χ1n) is 6.67. The maximum absolute atomic E-state index is 13.9. The molecule has 110 valence electrons. The minimum atomic E-state index is -0.624. The molecule has 0 bridgehead atoms. The zero-order valence-corrected chi connectivity index (χ0v) is 12.1. The summed E-state index contributed by atoms with van der Waals surface area (Å²) in [4.78, 5) is 12.0. The summed E-state index contributed by atoms with van der Waals surface area (Å²) in [5.41, 5.74) is 1.11. The number of hydrogen-bond donors (Lipinski definition) is 0. The summed E-state index contributed by atoms with van der Waals surface area (Å²) in [7, 11) is 1.37. The Bertz CT molecular complexity index is 638. The Hall–Kier alpha value is -2.36. The number of carbonyl (C=O) groups is 1. The Balaban J connectivity index is 1.96. The van der Waals surface area contributed by atoms with Gasteiger partial charge in [-0.05, 0) is 36.8 Å². The maximum atomic E-state index is 13.9. The molecule has 0 aliphatic heterocycles. The number of hydrogen-bond acceptors (Lipinski definition) is 3. The highest BCUT2D eigenvalue weighted by Gasteiger charge is 2.15. The Morgan fingerprint density at radius 3 is 2.67 bits per heavy atom. The number of carbonyl (C=O) groups excluding carboxylic acids is 1. The van der Waals surface area contributed by atoms with Gasteiger partial charge in [-0.1, -0.05) is 18.2 Å². The van der Waals surface area contributed by atoms with Crippen molar-refractivity contribution in [1.29, 1.82) is 0 Å². The standard InChI is InChI=1S/C17H17FO3/c1-12-5-3-6-13(11-12)21-10-9-15(19)14-7-4-8-16(20-2)17(14)18/h3-8,11H,9-10H2,1-2H3. The van der Waals surface area contributed by atoms with Crippen molar-refractivity contribution < 1.29 is 18.7 Å². The molecular weight excluding hydrogens is 271 g/mol. The van der Waals surface area contributed by atoms with E-state index in [1.807, 2.05) is 31.2 Å². The smallest absolute Gasteiger partial charge is 0.175 e. The number of benzene rings is 2. The normalized spacial score (nSPS) is 10.2. The predicted molar refractivity (Wildman–Crippen MR) is 78.6 cm³/mol. The molecule has 3 nitrogen and oxygen atoms in total. The van der Waals surface area contributed by atoms with E-state index in [9.17, 15) is 9.18 Å². The lowest BCUT2D eigenvalue weighted by atomic mass is 10.1. The molecule has 2 aromatic rings. The van der Waals surface area contributed by atoms with Gasteiger partial charge in [0.15, 0.2) is 17.3 Å². The quantitative estimate of drug-likeness (QED) is 0.759. The summed E-state index contributed by atoms with van der Waals surface area (Å²) < 4.78 is 24.3. The van der Waals surface area contributed by atoms with Gasteiger partial charge in [0.05, 0.1) is 19.3 Å². The molecule has 0 saturated heterocycles. The zero-order valence-electron chi connectivity index (χ0n) is 12.1. The van der Waals surface area contributed by atoms with Crippen LogP contribution in [0.5, 0.6) is 11.5 Å². The second-order valence-electron chi connectivity index (χ2n) is 4.66. The van der Waals surface area contributed by atoms with Crippen LogP contribution >= 0.6 is 0 Å². The van der Waals surface area contributed by atoms with Crippen molar-refractivity contribution in [2.24, 2.45) is 0 Å². The second kappa shape index (κ2) is 6.88. The lowest BCUT2D eigenvalue weighted by molar-refractivity contribution is 0.0957. The maximum Gasteiger partial charge on any atom is 0.175 e. The van der Waals surface area contributed by atoms with Crippen LogP contribution in [0.25, 0.3) is 0 Å². The van der Waals surface area contributed by atoms with Gasteiger partial charge in [0.1, 0.15) is 5.75 Å². The molecule has 2 aromatic carbocycles. The lowest BCUT2D eigenvalue weighted by Gasteiger charge is -2.08. The summed E-state index contributed by atoms with van der Waals surface area (Å²) in [6, 6.07) is 12.1. The molecule has 0 amide bonds. The summed E-state index contributed by atoms with van der Waals surface area (Å²) in [6.07, 6.45) is 0.109. The largest absolute Gasteiger partial charge is 0.494 e. The van der Waals surface area contributed by atoms with Crippen molar-refractivity contribution in [3.05, 3.63) is 59.4 Å². The molecule has 0 aliphatic rings. The molecule has 0 radical (unpaired) electrons. The monoisotopic (exact) mass is 288 g/mol. The van der Waals surface area contributed by atoms with Gasteiger partial charge in [0.2, 0.25) is 0 Å². The molecule has 0 N–H and O–H groups in total. The summed E-state index contributed by atoms with van der Waals surface area (Å²) in [5.74, 6) is -0.158. The van der Waals surface area contributed by atoms with Crippen LogP contribution in [-0.2, 0) is 0 Å². The molecule has 0 unspecified atom stereocenters. The van der Waals surface area contributed by atoms with Crippen LogP contribution in [0.1, 0.15) is 22.3 Å². The van der Waals surface area contributed by atoms with E-state index in [1.54, 1.807) is 6.07 Å². The molecule has 0 fully saturated rings. The Morgan fingerprint density at radius 1 is 1.19 bits per heavy atom. The fourth-order valence-corrected chi connectivity index (χ4v) is 1.99. The Morgan fingerprint density at radius 2 is 1.95 bits per heavy atom. The number of ketones is 1. The first-order chi connectivity index (χ1) is 10.1. The highest BCUT2D eigenvalue weighted by molar-refractivity contribution is 5.96. The number of Topliss-reactive ketones (excluding diaryl/α,β-unsaturated/α-hetero) is 1. The third kappa shape index (κ3) is 3.81. The van der Waals surface area contributed by atoms with Crippen molar-refractivity contribution in [2.45, 2.75) is 13.3 Å². The van der Waals surface area contributed by atoms with Crippen LogP contribution in [-0.4, -0.2) is 19.5 Å². The van der Waals surface area contributed by atoms with Gasteiger partial charge in [0, 0.05) is 6.42 Å². The van der Waals surface area contributed by atoms with Crippen molar-refractivity contribution >= 4 is 5.78 Å². The molecule has 0 saturated carbocycles. The average molecular weight is 288 g/mol. The summed E-state index contributed by atoms with van der Waals surface area (Å²) >= 11 is 0. The summed E-state index contributed by atoms with van der Waals surface area (Å²) in [6.45, 7) is 2.17. The fourth-order valence-electron chi connectivity index (χ4n) is 1.99. The van der Waals surface area contributed by atoms with Crippen LogP contribution in [0, 0.1) is 12.7 Å². The third-order valence-electron chi connectivity index (χ3n) is 3.07. The van der Waals surface area contributed by atoms with E-state index < -0.39 is 5.82 Å². The zero-order chi connectivity index (χ0) is 15.2. The van der Waals surface area contributed by atoms with Crippen molar-refractivity contribution in [3.8, 4) is 11.5 Å². The van der Waals surface area contributed by atoms with Crippen molar-refractivity contribution in [1.82, 2.24) is 0 Å². The molecule has 21 heavy (non-hydrogen) atoms. The van der Waals surface area contributed by atoms with Crippen LogP contribution in [0.15, 0.2) is 42.5 Å². The van der Waals surface area contributed by atoms with Crippen molar-refractivity contribution in [3.63, 3.8) is 0 Å². The number of halogens is 1. The van der Waals surface area contributed by atoms with Gasteiger partial charge in [-0.2, -0.15) is 0 Å². The van der Waals surface area contributed by atoms with Crippen LogP contribution < -0.4 is 9.47 Å². The highest BCUT2D eigenvalue weighted by atomic mass is 19.1. The van der Waals surface area contributed by atoms with Crippen molar-refractivity contribution in [2.75, 3.05) is 13.7 Å². The Kier molecular flexibility index (Phi) is 4.93. The van der Waals surface area contributed by atoms with Gasteiger partial charge < -0.3 is 9.47 Å². The van der Waals surface area contributed by atoms with Gasteiger partial charge >= 0.3 is 0 Å². The molecule has 0 aromatic heterocycles. The third-order valence-corrected chi connectivity index (χ3v) is 3.07. The highest BCUT2D eigenvalue weighted by Crippen LogP contribution is 2.21. The van der Waals surface area contributed by atoms with E-state index in [1.165, 1.54) is 19.2 Å². The molecule has 0 aliphatic carbocycles.